The standard InChI is InChI=1S/C25H27ClN2O6S/c1-32-23-16-22(24(33-2)15-21(23)26)28(35(3,30)31)17-18-9-11-19(12-10-18)25(29)27-13-14-34-20-7-5-4-6-8-20/h4-12,15-16H,13-14,17H2,1-3H3,(H,27,29). The molecule has 0 aliphatic rings. The summed E-state index contributed by atoms with van der Waals surface area (Å²) >= 11 is 6.16. The zero-order valence-corrected chi connectivity index (χ0v) is 21.2. The Morgan fingerprint density at radius 3 is 2.23 bits per heavy atom. The molecule has 0 radical (unpaired) electrons. The Morgan fingerprint density at radius 2 is 1.63 bits per heavy atom. The van der Waals surface area contributed by atoms with Crippen molar-refractivity contribution in [3.63, 3.8) is 0 Å². The van der Waals surface area contributed by atoms with Crippen LogP contribution < -0.4 is 23.8 Å². The molecule has 0 aliphatic heterocycles. The lowest BCUT2D eigenvalue weighted by Crippen LogP contribution is -2.30. The summed E-state index contributed by atoms with van der Waals surface area (Å²) in [5.41, 5.74) is 1.41. The van der Waals surface area contributed by atoms with Crippen molar-refractivity contribution in [1.29, 1.82) is 0 Å². The number of nitrogens with one attached hydrogen (secondary N) is 1. The Balaban J connectivity index is 1.69. The van der Waals surface area contributed by atoms with E-state index in [9.17, 15) is 13.2 Å². The van der Waals surface area contributed by atoms with Crippen LogP contribution in [-0.4, -0.2) is 48.0 Å². The number of amides is 1. The first-order chi connectivity index (χ1) is 16.7. The molecule has 8 nitrogen and oxygen atoms in total. The van der Waals surface area contributed by atoms with Crippen LogP contribution in [0.3, 0.4) is 0 Å². The van der Waals surface area contributed by atoms with E-state index < -0.39 is 10.0 Å². The largest absolute Gasteiger partial charge is 0.495 e. The number of hydrogen-bond acceptors (Lipinski definition) is 6. The molecular formula is C25H27ClN2O6S. The van der Waals surface area contributed by atoms with Gasteiger partial charge in [0.15, 0.2) is 0 Å². The first-order valence-electron chi connectivity index (χ1n) is 10.7. The average molecular weight is 519 g/mol. The van der Waals surface area contributed by atoms with Crippen molar-refractivity contribution in [3.8, 4) is 17.2 Å². The van der Waals surface area contributed by atoms with Gasteiger partial charge in [-0.3, -0.25) is 9.10 Å². The smallest absolute Gasteiger partial charge is 0.251 e. The van der Waals surface area contributed by atoms with Gasteiger partial charge in [0.1, 0.15) is 23.9 Å². The number of halogens is 1. The van der Waals surface area contributed by atoms with Gasteiger partial charge in [0.2, 0.25) is 10.0 Å². The van der Waals surface area contributed by atoms with Crippen LogP contribution in [0.4, 0.5) is 5.69 Å². The van der Waals surface area contributed by atoms with Gasteiger partial charge < -0.3 is 19.5 Å². The zero-order chi connectivity index (χ0) is 25.4. The summed E-state index contributed by atoms with van der Waals surface area (Å²) in [6.45, 7) is 0.700. The lowest BCUT2D eigenvalue weighted by atomic mass is 10.1. The van der Waals surface area contributed by atoms with E-state index in [2.05, 4.69) is 5.32 Å². The molecule has 0 heterocycles. The van der Waals surface area contributed by atoms with Gasteiger partial charge >= 0.3 is 0 Å². The van der Waals surface area contributed by atoms with Gasteiger partial charge in [0.05, 0.1) is 44.3 Å². The molecule has 0 saturated heterocycles. The van der Waals surface area contributed by atoms with Crippen LogP contribution in [0.5, 0.6) is 17.2 Å². The maximum Gasteiger partial charge on any atom is 0.251 e. The number of sulfonamides is 1. The quantitative estimate of drug-likeness (QED) is 0.383. The fraction of sp³-hybridized carbons (Fsp3) is 0.240. The molecule has 0 saturated carbocycles. The van der Waals surface area contributed by atoms with E-state index >= 15 is 0 Å². The molecule has 35 heavy (non-hydrogen) atoms. The van der Waals surface area contributed by atoms with Crippen molar-refractivity contribution in [2.24, 2.45) is 0 Å². The van der Waals surface area contributed by atoms with Crippen molar-refractivity contribution in [2.45, 2.75) is 6.54 Å². The summed E-state index contributed by atoms with van der Waals surface area (Å²) in [4.78, 5) is 12.4. The molecule has 10 heteroatoms. The number of rotatable bonds is 11. The first-order valence-corrected chi connectivity index (χ1v) is 12.9. The van der Waals surface area contributed by atoms with E-state index in [4.69, 9.17) is 25.8 Å². The summed E-state index contributed by atoms with van der Waals surface area (Å²) in [6.07, 6.45) is 1.10. The minimum atomic E-state index is -3.69. The van der Waals surface area contributed by atoms with Gasteiger partial charge in [-0.1, -0.05) is 41.9 Å². The summed E-state index contributed by atoms with van der Waals surface area (Å²) in [5, 5.41) is 3.10. The molecule has 0 atom stereocenters. The first kappa shape index (κ1) is 26.2. The molecule has 1 N–H and O–H groups in total. The van der Waals surface area contributed by atoms with Crippen LogP contribution in [0.15, 0.2) is 66.7 Å². The number of ether oxygens (including phenoxy) is 3. The van der Waals surface area contributed by atoms with Crippen LogP contribution >= 0.6 is 11.6 Å². The van der Waals surface area contributed by atoms with Crippen LogP contribution in [0.25, 0.3) is 0 Å². The number of hydrogen-bond donors (Lipinski definition) is 1. The predicted octanol–water partition coefficient (Wildman–Crippen LogP) is 4.13. The Hall–Kier alpha value is -3.43. The maximum atomic E-state index is 12.6. The molecule has 1 amide bonds. The number of carbonyl (C=O) groups excluding carboxylic acids is 1. The van der Waals surface area contributed by atoms with Crippen molar-refractivity contribution in [2.75, 3.05) is 37.9 Å². The second kappa shape index (κ2) is 11.8. The van der Waals surface area contributed by atoms with E-state index in [1.807, 2.05) is 30.3 Å². The topological polar surface area (TPSA) is 94.2 Å². The molecular weight excluding hydrogens is 492 g/mol. The molecule has 0 fully saturated rings. The third kappa shape index (κ3) is 7.03. The molecule has 0 bridgehead atoms. The van der Waals surface area contributed by atoms with Gasteiger partial charge in [-0.15, -0.1) is 0 Å². The number of benzene rings is 3. The van der Waals surface area contributed by atoms with Crippen LogP contribution in [0.1, 0.15) is 15.9 Å². The third-order valence-electron chi connectivity index (χ3n) is 5.06. The third-order valence-corrected chi connectivity index (χ3v) is 6.49. The van der Waals surface area contributed by atoms with Gasteiger partial charge in [-0.25, -0.2) is 8.42 Å². The second-order valence-corrected chi connectivity index (χ2v) is 9.86. The Bertz CT molecular complexity index is 1250. The van der Waals surface area contributed by atoms with Crippen LogP contribution in [0.2, 0.25) is 5.02 Å². The highest BCUT2D eigenvalue weighted by Crippen LogP contribution is 2.39. The molecule has 0 aliphatic carbocycles. The highest BCUT2D eigenvalue weighted by Gasteiger charge is 2.24. The molecule has 0 unspecified atom stereocenters. The second-order valence-electron chi connectivity index (χ2n) is 7.54. The maximum absolute atomic E-state index is 12.6. The number of para-hydroxylation sites is 1. The van der Waals surface area contributed by atoms with Crippen LogP contribution in [0, 0.1) is 0 Å². The van der Waals surface area contributed by atoms with Gasteiger partial charge in [0.25, 0.3) is 5.91 Å². The summed E-state index contributed by atoms with van der Waals surface area (Å²) in [7, 11) is -0.814. The van der Waals surface area contributed by atoms with Gasteiger partial charge in [-0.2, -0.15) is 0 Å². The van der Waals surface area contributed by atoms with E-state index in [0.717, 1.165) is 12.0 Å². The lowest BCUT2D eigenvalue weighted by molar-refractivity contribution is 0.0947. The Kier molecular flexibility index (Phi) is 8.84. The molecule has 186 valence electrons. The molecule has 3 rings (SSSR count). The van der Waals surface area contributed by atoms with Crippen LogP contribution in [-0.2, 0) is 16.6 Å². The number of carbonyl (C=O) groups is 1. The molecule has 3 aromatic carbocycles. The van der Waals surface area contributed by atoms with Gasteiger partial charge in [-0.05, 0) is 29.8 Å². The van der Waals surface area contributed by atoms with E-state index in [-0.39, 0.29) is 23.9 Å². The van der Waals surface area contributed by atoms with E-state index in [1.165, 1.54) is 30.7 Å². The van der Waals surface area contributed by atoms with E-state index in [1.54, 1.807) is 24.3 Å². The number of anilines is 1. The number of methoxy groups -OCH3 is 2. The fourth-order valence-corrected chi connectivity index (χ4v) is 4.41. The minimum absolute atomic E-state index is 0.0206. The van der Waals surface area contributed by atoms with E-state index in [0.29, 0.717) is 35.1 Å². The Morgan fingerprint density at radius 1 is 0.971 bits per heavy atom. The van der Waals surface area contributed by atoms with Crippen molar-refractivity contribution in [1.82, 2.24) is 5.32 Å². The monoisotopic (exact) mass is 518 g/mol. The highest BCUT2D eigenvalue weighted by atomic mass is 35.5. The highest BCUT2D eigenvalue weighted by molar-refractivity contribution is 7.92. The molecule has 3 aromatic rings. The zero-order valence-electron chi connectivity index (χ0n) is 19.7. The molecule has 0 spiro atoms. The predicted molar refractivity (Wildman–Crippen MR) is 136 cm³/mol. The summed E-state index contributed by atoms with van der Waals surface area (Å²) in [6, 6.07) is 19.0. The minimum Gasteiger partial charge on any atom is -0.495 e. The number of nitrogens with zero attached hydrogens (tertiary/aromatic N) is 1. The van der Waals surface area contributed by atoms with Crippen molar-refractivity contribution in [3.05, 3.63) is 82.9 Å². The summed E-state index contributed by atoms with van der Waals surface area (Å²) in [5.74, 6) is 1.09. The SMILES string of the molecule is COc1cc(N(Cc2ccc(C(=O)NCCOc3ccccc3)cc2)S(C)(=O)=O)c(OC)cc1Cl. The van der Waals surface area contributed by atoms with Crippen molar-refractivity contribution >= 4 is 33.2 Å². The normalized spacial score (nSPS) is 11.0. The van der Waals surface area contributed by atoms with Gasteiger partial charge in [0, 0.05) is 17.7 Å². The Labute approximate surface area is 210 Å². The fourth-order valence-electron chi connectivity index (χ4n) is 3.30. The summed E-state index contributed by atoms with van der Waals surface area (Å²) < 4.78 is 42.6. The van der Waals surface area contributed by atoms with Crippen molar-refractivity contribution < 1.29 is 27.4 Å². The molecule has 0 aromatic heterocycles. The lowest BCUT2D eigenvalue weighted by Gasteiger charge is -2.25. The average Bonchev–Trinajstić information content (AvgIpc) is 2.85.